The van der Waals surface area contributed by atoms with Crippen LogP contribution in [0.15, 0.2) is 18.5 Å². The monoisotopic (exact) mass is 206 g/mol. The fraction of sp³-hybridized carbons (Fsp3) is 0.222. The van der Waals surface area contributed by atoms with Crippen LogP contribution in [0.2, 0.25) is 0 Å². The third-order valence-electron chi connectivity index (χ3n) is 1.87. The van der Waals surface area contributed by atoms with Gasteiger partial charge in [-0.15, -0.1) is 0 Å². The van der Waals surface area contributed by atoms with Crippen molar-refractivity contribution < 1.29 is 14.6 Å². The molecular weight excluding hydrogens is 198 g/mol. The molecule has 0 bridgehead atoms. The summed E-state index contributed by atoms with van der Waals surface area (Å²) in [6, 6.07) is 1.58. The number of esters is 1. The van der Waals surface area contributed by atoms with Gasteiger partial charge < -0.3 is 9.84 Å². The summed E-state index contributed by atoms with van der Waals surface area (Å²) in [5, 5.41) is 15.4. The Morgan fingerprint density at radius 1 is 1.67 bits per heavy atom. The van der Waals surface area contributed by atoms with Crippen molar-refractivity contribution in [2.45, 2.75) is 6.92 Å². The van der Waals surface area contributed by atoms with Crippen LogP contribution in [0, 0.1) is 0 Å². The largest absolute Gasteiger partial charge is 0.858 e. The Bertz CT molecular complexity index is 506. The molecule has 0 fully saturated rings. The standard InChI is InChI=1S/C9H9N3O3/c1-2-15-9(14)6-5-10-7-3-4-11-12(7)8(6)13/h3-5,13H,2H2,1H3/p-1. The molecule has 2 rings (SSSR count). The number of rotatable bonds is 2. The number of carbonyl (C=O) groups is 1. The van der Waals surface area contributed by atoms with E-state index in [4.69, 9.17) is 4.74 Å². The predicted molar refractivity (Wildman–Crippen MR) is 48.4 cm³/mol. The second-order valence-electron chi connectivity index (χ2n) is 2.80. The van der Waals surface area contributed by atoms with Crippen molar-refractivity contribution in [3.8, 4) is 5.88 Å². The molecule has 6 heteroatoms. The van der Waals surface area contributed by atoms with E-state index < -0.39 is 11.8 Å². The van der Waals surface area contributed by atoms with Gasteiger partial charge >= 0.3 is 5.97 Å². The molecule has 0 saturated carbocycles. The number of hydrogen-bond donors (Lipinski definition) is 0. The highest BCUT2D eigenvalue weighted by molar-refractivity contribution is 5.91. The van der Waals surface area contributed by atoms with E-state index in [2.05, 4.69) is 10.1 Å². The van der Waals surface area contributed by atoms with Crippen LogP contribution < -0.4 is 5.11 Å². The Morgan fingerprint density at radius 3 is 3.20 bits per heavy atom. The first kappa shape index (κ1) is 9.45. The Morgan fingerprint density at radius 2 is 2.47 bits per heavy atom. The van der Waals surface area contributed by atoms with E-state index >= 15 is 0 Å². The number of ether oxygens (including phenoxy) is 1. The molecule has 0 aromatic carbocycles. The van der Waals surface area contributed by atoms with Crippen LogP contribution in [0.3, 0.4) is 0 Å². The summed E-state index contributed by atoms with van der Waals surface area (Å²) in [6.45, 7) is 1.89. The van der Waals surface area contributed by atoms with Gasteiger partial charge in [-0.2, -0.15) is 5.10 Å². The van der Waals surface area contributed by atoms with E-state index in [0.717, 1.165) is 4.52 Å². The van der Waals surface area contributed by atoms with Gasteiger partial charge in [-0.05, 0) is 6.92 Å². The second-order valence-corrected chi connectivity index (χ2v) is 2.80. The van der Waals surface area contributed by atoms with Crippen molar-refractivity contribution in [3.63, 3.8) is 0 Å². The van der Waals surface area contributed by atoms with Crippen LogP contribution in [0.25, 0.3) is 5.65 Å². The van der Waals surface area contributed by atoms with Crippen LogP contribution >= 0.6 is 0 Å². The van der Waals surface area contributed by atoms with Crippen LogP contribution in [-0.2, 0) is 4.74 Å². The van der Waals surface area contributed by atoms with Crippen LogP contribution in [0.1, 0.15) is 17.3 Å². The molecule has 0 amide bonds. The van der Waals surface area contributed by atoms with E-state index in [0.29, 0.717) is 5.65 Å². The topological polar surface area (TPSA) is 79.5 Å². The van der Waals surface area contributed by atoms with E-state index in [-0.39, 0.29) is 12.2 Å². The molecule has 0 unspecified atom stereocenters. The molecule has 0 aliphatic rings. The van der Waals surface area contributed by atoms with Gasteiger partial charge in [-0.25, -0.2) is 14.3 Å². The van der Waals surface area contributed by atoms with Gasteiger partial charge in [0.1, 0.15) is 0 Å². The van der Waals surface area contributed by atoms with Gasteiger partial charge in [-0.3, -0.25) is 0 Å². The smallest absolute Gasteiger partial charge is 0.340 e. The summed E-state index contributed by atoms with van der Waals surface area (Å²) >= 11 is 0. The van der Waals surface area contributed by atoms with E-state index in [1.807, 2.05) is 0 Å². The fourth-order valence-corrected chi connectivity index (χ4v) is 1.20. The summed E-state index contributed by atoms with van der Waals surface area (Å²) in [7, 11) is 0. The molecule has 15 heavy (non-hydrogen) atoms. The summed E-state index contributed by atoms with van der Waals surface area (Å²) in [6.07, 6.45) is 2.65. The molecule has 6 nitrogen and oxygen atoms in total. The van der Waals surface area contributed by atoms with Crippen molar-refractivity contribution in [1.29, 1.82) is 0 Å². The lowest BCUT2D eigenvalue weighted by Gasteiger charge is -2.12. The molecule has 0 N–H and O–H groups in total. The summed E-state index contributed by atoms with van der Waals surface area (Å²) in [5.74, 6) is -1.18. The predicted octanol–water partition coefficient (Wildman–Crippen LogP) is -0.0204. The lowest BCUT2D eigenvalue weighted by atomic mass is 10.3. The number of nitrogens with zero attached hydrogens (tertiary/aromatic N) is 3. The molecule has 2 heterocycles. The minimum Gasteiger partial charge on any atom is -0.858 e. The highest BCUT2D eigenvalue weighted by Gasteiger charge is 2.10. The highest BCUT2D eigenvalue weighted by atomic mass is 16.5. The first-order chi connectivity index (χ1) is 7.24. The molecule has 78 valence electrons. The second kappa shape index (κ2) is 3.56. The van der Waals surface area contributed by atoms with Crippen LogP contribution in [-0.4, -0.2) is 27.2 Å². The van der Waals surface area contributed by atoms with Crippen LogP contribution in [0.5, 0.6) is 5.88 Å². The normalized spacial score (nSPS) is 10.5. The Hall–Kier alpha value is -2.11. The van der Waals surface area contributed by atoms with E-state index in [1.165, 1.54) is 12.4 Å². The zero-order valence-electron chi connectivity index (χ0n) is 8.01. The number of fused-ring (bicyclic) bond motifs is 1. The van der Waals surface area contributed by atoms with Crippen LogP contribution in [0.4, 0.5) is 0 Å². The molecule has 2 aromatic rings. The first-order valence-electron chi connectivity index (χ1n) is 4.41. The summed E-state index contributed by atoms with van der Waals surface area (Å²) in [4.78, 5) is 15.2. The molecule has 2 aromatic heterocycles. The minimum absolute atomic E-state index is 0.104. The number of hydrogen-bond acceptors (Lipinski definition) is 5. The zero-order valence-corrected chi connectivity index (χ0v) is 8.01. The lowest BCUT2D eigenvalue weighted by molar-refractivity contribution is -0.278. The maximum Gasteiger partial charge on any atom is 0.340 e. The molecule has 0 radical (unpaired) electrons. The Balaban J connectivity index is 2.52. The molecule has 0 atom stereocenters. The Labute approximate surface area is 85.1 Å². The first-order valence-corrected chi connectivity index (χ1v) is 4.41. The molecule has 0 saturated heterocycles. The van der Waals surface area contributed by atoms with Crippen molar-refractivity contribution in [1.82, 2.24) is 14.6 Å². The third kappa shape index (κ3) is 1.50. The quantitative estimate of drug-likeness (QED) is 0.645. The molecule has 0 aliphatic heterocycles. The average molecular weight is 206 g/mol. The SMILES string of the molecule is CCOC(=O)c1cnc2ccnn2c1[O-]. The lowest BCUT2D eigenvalue weighted by Crippen LogP contribution is -2.13. The van der Waals surface area contributed by atoms with Gasteiger partial charge in [0.2, 0.25) is 0 Å². The van der Waals surface area contributed by atoms with Crippen molar-refractivity contribution in [2.75, 3.05) is 6.61 Å². The van der Waals surface area contributed by atoms with E-state index in [1.54, 1.807) is 13.0 Å². The van der Waals surface area contributed by atoms with Gasteiger partial charge in [0.15, 0.2) is 5.65 Å². The van der Waals surface area contributed by atoms with Crippen molar-refractivity contribution >= 4 is 11.6 Å². The summed E-state index contributed by atoms with van der Waals surface area (Å²) < 4.78 is 5.78. The third-order valence-corrected chi connectivity index (χ3v) is 1.87. The Kier molecular flexibility index (Phi) is 2.24. The average Bonchev–Trinajstić information content (AvgIpc) is 2.67. The minimum atomic E-state index is -0.674. The number of aromatic nitrogens is 3. The maximum absolute atomic E-state index is 11.7. The maximum atomic E-state index is 11.7. The van der Waals surface area contributed by atoms with Gasteiger partial charge in [0.05, 0.1) is 18.4 Å². The molecule has 0 aliphatic carbocycles. The van der Waals surface area contributed by atoms with Crippen molar-refractivity contribution in [2.24, 2.45) is 0 Å². The molecular formula is C9H8N3O3-. The van der Waals surface area contributed by atoms with Gasteiger partial charge in [0.25, 0.3) is 0 Å². The fourth-order valence-electron chi connectivity index (χ4n) is 1.20. The van der Waals surface area contributed by atoms with Gasteiger partial charge in [-0.1, -0.05) is 0 Å². The summed E-state index contributed by atoms with van der Waals surface area (Å²) in [5.41, 5.74) is 0.307. The molecule has 0 spiro atoms. The van der Waals surface area contributed by atoms with Crippen molar-refractivity contribution in [3.05, 3.63) is 24.0 Å². The number of carbonyl (C=O) groups excluding carboxylic acids is 1. The highest BCUT2D eigenvalue weighted by Crippen LogP contribution is 2.14. The van der Waals surface area contributed by atoms with Gasteiger partial charge in [0, 0.05) is 18.1 Å². The zero-order chi connectivity index (χ0) is 10.8. The van der Waals surface area contributed by atoms with E-state index in [9.17, 15) is 9.90 Å².